The zero-order valence-electron chi connectivity index (χ0n) is 11.1. The van der Waals surface area contributed by atoms with E-state index < -0.39 is 5.97 Å². The monoisotopic (exact) mass is 251 g/mol. The number of nitrogens with zero attached hydrogens (tertiary/aromatic N) is 1. The minimum Gasteiger partial charge on any atom is -0.481 e. The fourth-order valence-corrected chi connectivity index (χ4v) is 2.14. The fourth-order valence-electron chi connectivity index (χ4n) is 2.14. The summed E-state index contributed by atoms with van der Waals surface area (Å²) in [5.74, 6) is -0.720. The maximum atomic E-state index is 11.3. The minimum atomic E-state index is -0.720. The third-order valence-electron chi connectivity index (χ3n) is 3.08. The number of carboxylic acid groups (broad SMARTS) is 1. The van der Waals surface area contributed by atoms with Crippen LogP contribution in [0, 0.1) is 13.8 Å². The molecular weight excluding hydrogens is 230 g/mol. The van der Waals surface area contributed by atoms with Crippen LogP contribution >= 0.6 is 0 Å². The fraction of sp³-hybridized carbons (Fsp3) is 0.571. The van der Waals surface area contributed by atoms with Crippen molar-refractivity contribution in [2.24, 2.45) is 0 Å². The average Bonchev–Trinajstić information content (AvgIpc) is 2.25. The molecule has 100 valence electrons. The molecule has 1 heterocycles. The summed E-state index contributed by atoms with van der Waals surface area (Å²) < 4.78 is 2.14. The van der Waals surface area contributed by atoms with Gasteiger partial charge in [0.1, 0.15) is 0 Å². The van der Waals surface area contributed by atoms with Crippen molar-refractivity contribution in [3.05, 3.63) is 33.7 Å². The van der Waals surface area contributed by atoms with Gasteiger partial charge in [-0.3, -0.25) is 9.59 Å². The number of carbonyl (C=O) groups is 1. The number of unbranched alkanes of at least 4 members (excludes halogenated alkanes) is 3. The predicted octanol–water partition coefficient (Wildman–Crippen LogP) is 2.50. The molecule has 0 unspecified atom stereocenters. The molecule has 0 aromatic carbocycles. The highest BCUT2D eigenvalue weighted by molar-refractivity contribution is 5.66. The van der Waals surface area contributed by atoms with Crippen LogP contribution < -0.4 is 5.43 Å². The number of rotatable bonds is 7. The summed E-state index contributed by atoms with van der Waals surface area (Å²) in [6.45, 7) is 4.78. The first-order chi connectivity index (χ1) is 8.50. The SMILES string of the molecule is Cc1cc(=O)cc(C)n1CCCCCCC(=O)O. The zero-order chi connectivity index (χ0) is 13.5. The molecule has 4 nitrogen and oxygen atoms in total. The molecule has 0 aliphatic heterocycles. The first kappa shape index (κ1) is 14.5. The Labute approximate surface area is 107 Å². The normalized spacial score (nSPS) is 10.6. The van der Waals surface area contributed by atoms with Crippen LogP contribution in [0.1, 0.15) is 43.5 Å². The molecule has 4 heteroatoms. The lowest BCUT2D eigenvalue weighted by atomic mass is 10.1. The highest BCUT2D eigenvalue weighted by Gasteiger charge is 2.01. The molecule has 1 aromatic heterocycles. The van der Waals surface area contributed by atoms with E-state index >= 15 is 0 Å². The van der Waals surface area contributed by atoms with Crippen LogP contribution in [0.15, 0.2) is 16.9 Å². The van der Waals surface area contributed by atoms with E-state index in [0.717, 1.165) is 43.6 Å². The zero-order valence-corrected chi connectivity index (χ0v) is 11.1. The molecular formula is C14H21NO3. The number of aromatic nitrogens is 1. The number of aryl methyl sites for hydroxylation is 2. The Morgan fingerprint density at radius 1 is 1.11 bits per heavy atom. The van der Waals surface area contributed by atoms with E-state index in [1.54, 1.807) is 12.1 Å². The van der Waals surface area contributed by atoms with Crippen LogP contribution in [0.3, 0.4) is 0 Å². The Hall–Kier alpha value is -1.58. The van der Waals surface area contributed by atoms with Gasteiger partial charge in [0, 0.05) is 36.5 Å². The standard InChI is InChI=1S/C14H21NO3/c1-11-9-13(16)10-12(2)15(11)8-6-4-3-5-7-14(17)18/h9-10H,3-8H2,1-2H3,(H,17,18). The predicted molar refractivity (Wildman–Crippen MR) is 70.9 cm³/mol. The van der Waals surface area contributed by atoms with Crippen molar-refractivity contribution < 1.29 is 9.90 Å². The van der Waals surface area contributed by atoms with Crippen LogP contribution in [0.2, 0.25) is 0 Å². The van der Waals surface area contributed by atoms with Gasteiger partial charge in [0.25, 0.3) is 0 Å². The highest BCUT2D eigenvalue weighted by Crippen LogP contribution is 2.08. The van der Waals surface area contributed by atoms with E-state index in [4.69, 9.17) is 5.11 Å². The number of carboxylic acids is 1. The van der Waals surface area contributed by atoms with Gasteiger partial charge < -0.3 is 9.67 Å². The van der Waals surface area contributed by atoms with Gasteiger partial charge in [-0.25, -0.2) is 0 Å². The van der Waals surface area contributed by atoms with Crippen molar-refractivity contribution in [2.45, 2.75) is 52.5 Å². The van der Waals surface area contributed by atoms with Gasteiger partial charge in [-0.15, -0.1) is 0 Å². The third kappa shape index (κ3) is 4.73. The summed E-state index contributed by atoms with van der Waals surface area (Å²) >= 11 is 0. The lowest BCUT2D eigenvalue weighted by molar-refractivity contribution is -0.137. The first-order valence-corrected chi connectivity index (χ1v) is 6.40. The summed E-state index contributed by atoms with van der Waals surface area (Å²) in [5.41, 5.74) is 2.04. The largest absolute Gasteiger partial charge is 0.481 e. The Morgan fingerprint density at radius 3 is 2.22 bits per heavy atom. The Morgan fingerprint density at radius 2 is 1.67 bits per heavy atom. The smallest absolute Gasteiger partial charge is 0.303 e. The van der Waals surface area contributed by atoms with Gasteiger partial charge in [-0.05, 0) is 26.7 Å². The van der Waals surface area contributed by atoms with E-state index in [-0.39, 0.29) is 11.8 Å². The van der Waals surface area contributed by atoms with Gasteiger partial charge in [-0.1, -0.05) is 12.8 Å². The van der Waals surface area contributed by atoms with Gasteiger partial charge in [0.05, 0.1) is 0 Å². The van der Waals surface area contributed by atoms with Crippen LogP contribution in [-0.2, 0) is 11.3 Å². The van der Waals surface area contributed by atoms with Gasteiger partial charge >= 0.3 is 5.97 Å². The van der Waals surface area contributed by atoms with Crippen molar-refractivity contribution in [1.29, 1.82) is 0 Å². The average molecular weight is 251 g/mol. The maximum Gasteiger partial charge on any atom is 0.303 e. The lowest BCUT2D eigenvalue weighted by Gasteiger charge is -2.13. The van der Waals surface area contributed by atoms with E-state index in [2.05, 4.69) is 4.57 Å². The molecule has 0 amide bonds. The third-order valence-corrected chi connectivity index (χ3v) is 3.08. The Balaban J connectivity index is 2.36. The molecule has 1 aromatic rings. The quantitative estimate of drug-likeness (QED) is 0.757. The second-order valence-corrected chi connectivity index (χ2v) is 4.68. The molecule has 0 fully saturated rings. The summed E-state index contributed by atoms with van der Waals surface area (Å²) in [5, 5.41) is 8.51. The van der Waals surface area contributed by atoms with E-state index in [1.807, 2.05) is 13.8 Å². The van der Waals surface area contributed by atoms with Crippen LogP contribution in [0.25, 0.3) is 0 Å². The van der Waals surface area contributed by atoms with Gasteiger partial charge in [0.2, 0.25) is 0 Å². The molecule has 18 heavy (non-hydrogen) atoms. The molecule has 0 radical (unpaired) electrons. The lowest BCUT2D eigenvalue weighted by Crippen LogP contribution is -2.13. The highest BCUT2D eigenvalue weighted by atomic mass is 16.4. The van der Waals surface area contributed by atoms with E-state index in [1.165, 1.54) is 0 Å². The van der Waals surface area contributed by atoms with Crippen molar-refractivity contribution in [3.63, 3.8) is 0 Å². The number of hydrogen-bond donors (Lipinski definition) is 1. The van der Waals surface area contributed by atoms with E-state index in [9.17, 15) is 9.59 Å². The summed E-state index contributed by atoms with van der Waals surface area (Å²) in [6, 6.07) is 3.30. The molecule has 0 spiro atoms. The molecule has 0 aliphatic rings. The van der Waals surface area contributed by atoms with Crippen LogP contribution in [0.5, 0.6) is 0 Å². The Kier molecular flexibility index (Phi) is 5.62. The van der Waals surface area contributed by atoms with E-state index in [0.29, 0.717) is 0 Å². The number of aliphatic carboxylic acids is 1. The molecule has 0 saturated heterocycles. The molecule has 1 N–H and O–H groups in total. The summed E-state index contributed by atoms with van der Waals surface area (Å²) in [6.07, 6.45) is 4.00. The molecule has 0 aliphatic carbocycles. The summed E-state index contributed by atoms with van der Waals surface area (Å²) in [7, 11) is 0. The van der Waals surface area contributed by atoms with Crippen LogP contribution in [0.4, 0.5) is 0 Å². The van der Waals surface area contributed by atoms with Crippen molar-refractivity contribution in [3.8, 4) is 0 Å². The number of pyridine rings is 1. The van der Waals surface area contributed by atoms with Gasteiger partial charge in [0.15, 0.2) is 5.43 Å². The first-order valence-electron chi connectivity index (χ1n) is 6.40. The maximum absolute atomic E-state index is 11.3. The molecule has 1 rings (SSSR count). The second-order valence-electron chi connectivity index (χ2n) is 4.68. The van der Waals surface area contributed by atoms with Crippen molar-refractivity contribution >= 4 is 5.97 Å². The minimum absolute atomic E-state index is 0.0581. The molecule has 0 atom stereocenters. The van der Waals surface area contributed by atoms with Crippen LogP contribution in [-0.4, -0.2) is 15.6 Å². The topological polar surface area (TPSA) is 59.3 Å². The number of hydrogen-bond acceptors (Lipinski definition) is 2. The summed E-state index contributed by atoms with van der Waals surface area (Å²) in [4.78, 5) is 21.6. The molecule has 0 saturated carbocycles. The van der Waals surface area contributed by atoms with Crippen molar-refractivity contribution in [1.82, 2.24) is 4.57 Å². The molecule has 0 bridgehead atoms. The second kappa shape index (κ2) is 6.99. The Bertz CT molecular complexity index is 436. The van der Waals surface area contributed by atoms with Gasteiger partial charge in [-0.2, -0.15) is 0 Å². The van der Waals surface area contributed by atoms with Crippen molar-refractivity contribution in [2.75, 3.05) is 0 Å².